The first-order chi connectivity index (χ1) is 16.6. The molecule has 2 aromatic rings. The van der Waals surface area contributed by atoms with Gasteiger partial charge in [-0.1, -0.05) is 43.7 Å². The molecule has 0 radical (unpaired) electrons. The Bertz CT molecular complexity index is 1070. The van der Waals surface area contributed by atoms with E-state index in [4.69, 9.17) is 4.74 Å². The zero-order valence-electron chi connectivity index (χ0n) is 21.3. The van der Waals surface area contributed by atoms with Gasteiger partial charge in [-0.25, -0.2) is 8.42 Å². The largest absolute Gasteiger partial charge is 0.494 e. The van der Waals surface area contributed by atoms with Crippen molar-refractivity contribution in [3.63, 3.8) is 0 Å². The van der Waals surface area contributed by atoms with Crippen molar-refractivity contribution in [3.05, 3.63) is 59.7 Å². The summed E-state index contributed by atoms with van der Waals surface area (Å²) >= 11 is 0. The average Bonchev–Trinajstić information content (AvgIpc) is 2.82. The number of hydrogen-bond donors (Lipinski definition) is 1. The van der Waals surface area contributed by atoms with Crippen LogP contribution < -0.4 is 14.4 Å². The lowest BCUT2D eigenvalue weighted by Gasteiger charge is -2.33. The number of benzene rings is 2. The number of carbonyl (C=O) groups excluding carboxylic acids is 2. The van der Waals surface area contributed by atoms with Crippen LogP contribution in [0.3, 0.4) is 0 Å². The summed E-state index contributed by atoms with van der Waals surface area (Å²) in [6.07, 6.45) is 2.23. The van der Waals surface area contributed by atoms with E-state index >= 15 is 0 Å². The van der Waals surface area contributed by atoms with Crippen LogP contribution in [0.2, 0.25) is 0 Å². The Morgan fingerprint density at radius 3 is 2.14 bits per heavy atom. The molecule has 1 atom stereocenters. The van der Waals surface area contributed by atoms with E-state index in [0.717, 1.165) is 28.1 Å². The zero-order valence-corrected chi connectivity index (χ0v) is 22.1. The summed E-state index contributed by atoms with van der Waals surface area (Å²) in [5.41, 5.74) is 2.29. The number of sulfonamides is 1. The summed E-state index contributed by atoms with van der Waals surface area (Å²) < 4.78 is 31.8. The van der Waals surface area contributed by atoms with E-state index in [1.807, 2.05) is 52.0 Å². The van der Waals surface area contributed by atoms with Crippen molar-refractivity contribution in [1.29, 1.82) is 0 Å². The first-order valence-corrected chi connectivity index (χ1v) is 13.8. The second kappa shape index (κ2) is 13.1. The van der Waals surface area contributed by atoms with Gasteiger partial charge in [0.25, 0.3) is 0 Å². The Kier molecular flexibility index (Phi) is 10.6. The number of hydrogen-bond acceptors (Lipinski definition) is 5. The van der Waals surface area contributed by atoms with Crippen molar-refractivity contribution in [2.75, 3.05) is 30.3 Å². The highest BCUT2D eigenvalue weighted by atomic mass is 32.2. The first-order valence-electron chi connectivity index (χ1n) is 11.9. The number of anilines is 1. The molecule has 9 heteroatoms. The fourth-order valence-electron chi connectivity index (χ4n) is 3.66. The Morgan fingerprint density at radius 1 is 1.00 bits per heavy atom. The molecule has 0 aliphatic heterocycles. The molecule has 0 aromatic heterocycles. The lowest BCUT2D eigenvalue weighted by molar-refractivity contribution is -0.140. The third kappa shape index (κ3) is 8.28. The number of rotatable bonds is 13. The summed E-state index contributed by atoms with van der Waals surface area (Å²) in [5, 5.41) is 2.87. The molecule has 0 bridgehead atoms. The summed E-state index contributed by atoms with van der Waals surface area (Å²) in [6, 6.07) is 13.5. The minimum Gasteiger partial charge on any atom is -0.494 e. The number of ether oxygens (including phenoxy) is 1. The molecule has 0 saturated carbocycles. The molecule has 8 nitrogen and oxygen atoms in total. The highest BCUT2D eigenvalue weighted by molar-refractivity contribution is 7.92. The molecule has 0 aliphatic carbocycles. The first kappa shape index (κ1) is 28.2. The molecule has 1 N–H and O–H groups in total. The van der Waals surface area contributed by atoms with Crippen LogP contribution in [0.1, 0.15) is 44.7 Å². The van der Waals surface area contributed by atoms with E-state index in [1.165, 1.54) is 4.90 Å². The molecular weight excluding hydrogens is 466 g/mol. The van der Waals surface area contributed by atoms with Crippen LogP contribution in [-0.2, 0) is 26.2 Å². The molecule has 2 aromatic carbocycles. The van der Waals surface area contributed by atoms with Crippen molar-refractivity contribution in [2.45, 2.75) is 53.1 Å². The van der Waals surface area contributed by atoms with Gasteiger partial charge in [-0.3, -0.25) is 13.9 Å². The average molecular weight is 504 g/mol. The number of nitrogens with zero attached hydrogens (tertiary/aromatic N) is 2. The standard InChI is InChI=1S/C26H37N3O5S/c1-6-17-27-26(31)24(7-2)28(18-21-11-9-20(4)10-12-21)25(30)19-29(35(5,32)33)22-13-15-23(16-14-22)34-8-3/h9-16,24H,6-8,17-19H2,1-5H3,(H,27,31)/t24-/m0/s1. The van der Waals surface area contributed by atoms with Crippen LogP contribution in [0.15, 0.2) is 48.5 Å². The smallest absolute Gasteiger partial charge is 0.244 e. The van der Waals surface area contributed by atoms with Gasteiger partial charge >= 0.3 is 0 Å². The van der Waals surface area contributed by atoms with Gasteiger partial charge in [-0.2, -0.15) is 0 Å². The highest BCUT2D eigenvalue weighted by Gasteiger charge is 2.31. The molecule has 2 amide bonds. The van der Waals surface area contributed by atoms with Crippen molar-refractivity contribution in [1.82, 2.24) is 10.2 Å². The van der Waals surface area contributed by atoms with Gasteiger partial charge in [0.15, 0.2) is 0 Å². The van der Waals surface area contributed by atoms with Gasteiger partial charge in [0.1, 0.15) is 18.3 Å². The van der Waals surface area contributed by atoms with Crippen LogP contribution in [0.5, 0.6) is 5.75 Å². The Morgan fingerprint density at radius 2 is 1.63 bits per heavy atom. The van der Waals surface area contributed by atoms with E-state index in [1.54, 1.807) is 24.3 Å². The number of carbonyl (C=O) groups is 2. The van der Waals surface area contributed by atoms with E-state index in [0.29, 0.717) is 31.0 Å². The van der Waals surface area contributed by atoms with Gasteiger partial charge < -0.3 is 15.0 Å². The van der Waals surface area contributed by atoms with Gasteiger partial charge in [-0.15, -0.1) is 0 Å². The molecule has 0 fully saturated rings. The maximum Gasteiger partial charge on any atom is 0.244 e. The third-order valence-corrected chi connectivity index (χ3v) is 6.66. The second-order valence-electron chi connectivity index (χ2n) is 8.42. The summed E-state index contributed by atoms with van der Waals surface area (Å²) in [6.45, 7) is 8.39. The van der Waals surface area contributed by atoms with Gasteiger partial charge in [0, 0.05) is 13.1 Å². The SMILES string of the molecule is CCCNC(=O)[C@H](CC)N(Cc1ccc(C)cc1)C(=O)CN(c1ccc(OCC)cc1)S(C)(=O)=O. The van der Waals surface area contributed by atoms with Gasteiger partial charge in [0.05, 0.1) is 18.6 Å². The van der Waals surface area contributed by atoms with Crippen LogP contribution in [0.4, 0.5) is 5.69 Å². The van der Waals surface area contributed by atoms with Crippen molar-refractivity contribution >= 4 is 27.5 Å². The molecular formula is C26H37N3O5S. The Balaban J connectivity index is 2.38. The van der Waals surface area contributed by atoms with Crippen molar-refractivity contribution in [3.8, 4) is 5.75 Å². The molecule has 35 heavy (non-hydrogen) atoms. The number of nitrogens with one attached hydrogen (secondary N) is 1. The van der Waals surface area contributed by atoms with Gasteiger partial charge in [-0.05, 0) is 56.5 Å². The quantitative estimate of drug-likeness (QED) is 0.451. The fraction of sp³-hybridized carbons (Fsp3) is 0.462. The molecule has 192 valence electrons. The van der Waals surface area contributed by atoms with E-state index in [-0.39, 0.29) is 12.5 Å². The van der Waals surface area contributed by atoms with Crippen molar-refractivity contribution in [2.24, 2.45) is 0 Å². The lowest BCUT2D eigenvalue weighted by atomic mass is 10.1. The predicted octanol–water partition coefficient (Wildman–Crippen LogP) is 3.49. The Labute approximate surface area is 209 Å². The van der Waals surface area contributed by atoms with Crippen LogP contribution in [-0.4, -0.2) is 57.1 Å². The van der Waals surface area contributed by atoms with E-state index < -0.39 is 28.5 Å². The maximum atomic E-state index is 13.6. The number of amides is 2. The lowest BCUT2D eigenvalue weighted by Crippen LogP contribution is -2.52. The minimum absolute atomic E-state index is 0.193. The molecule has 0 aliphatic rings. The monoisotopic (exact) mass is 503 g/mol. The highest BCUT2D eigenvalue weighted by Crippen LogP contribution is 2.23. The van der Waals surface area contributed by atoms with Crippen molar-refractivity contribution < 1.29 is 22.7 Å². The molecule has 2 rings (SSSR count). The summed E-state index contributed by atoms with van der Waals surface area (Å²) in [5.74, 6) is -0.0964. The fourth-order valence-corrected chi connectivity index (χ4v) is 4.51. The number of aryl methyl sites for hydroxylation is 1. The minimum atomic E-state index is -3.77. The Hall–Kier alpha value is -3.07. The third-order valence-electron chi connectivity index (χ3n) is 5.52. The molecule has 0 saturated heterocycles. The predicted molar refractivity (Wildman–Crippen MR) is 139 cm³/mol. The summed E-state index contributed by atoms with van der Waals surface area (Å²) in [7, 11) is -3.77. The summed E-state index contributed by atoms with van der Waals surface area (Å²) in [4.78, 5) is 28.0. The van der Waals surface area contributed by atoms with Gasteiger partial charge in [0.2, 0.25) is 21.8 Å². The van der Waals surface area contributed by atoms with Crippen LogP contribution in [0, 0.1) is 6.92 Å². The maximum absolute atomic E-state index is 13.6. The zero-order chi connectivity index (χ0) is 26.0. The van der Waals surface area contributed by atoms with Crippen LogP contribution in [0.25, 0.3) is 0 Å². The normalized spacial score (nSPS) is 12.0. The van der Waals surface area contributed by atoms with E-state index in [9.17, 15) is 18.0 Å². The van der Waals surface area contributed by atoms with E-state index in [2.05, 4.69) is 5.32 Å². The molecule has 0 heterocycles. The van der Waals surface area contributed by atoms with Crippen LogP contribution >= 0.6 is 0 Å². The second-order valence-corrected chi connectivity index (χ2v) is 10.3. The molecule has 0 spiro atoms. The topological polar surface area (TPSA) is 96.0 Å². The molecule has 0 unspecified atom stereocenters.